The topological polar surface area (TPSA) is 81.2 Å². The highest BCUT2D eigenvalue weighted by molar-refractivity contribution is 7.19. The lowest BCUT2D eigenvalue weighted by Crippen LogP contribution is -2.10. The summed E-state index contributed by atoms with van der Waals surface area (Å²) in [7, 11) is 3.25. The van der Waals surface area contributed by atoms with E-state index >= 15 is 0 Å². The van der Waals surface area contributed by atoms with Crippen LogP contribution >= 0.6 is 11.3 Å². The fourth-order valence-corrected chi connectivity index (χ4v) is 2.48. The maximum atomic E-state index is 11.6. The van der Waals surface area contributed by atoms with Crippen molar-refractivity contribution in [1.82, 2.24) is 9.97 Å². The first-order valence-electron chi connectivity index (χ1n) is 6.63. The summed E-state index contributed by atoms with van der Waals surface area (Å²) >= 11 is 1.40. The summed E-state index contributed by atoms with van der Waals surface area (Å²) in [5.41, 5.74) is 1.69. The van der Waals surface area contributed by atoms with Crippen LogP contribution in [0.2, 0.25) is 0 Å². The standard InChI is InChI=1S/C13H13N3O2S.C2H6O/c1-9-12(16-11(18)5-3-7-17)19-13(15-9)10-4-2-6-14-8-10;1-3-2/h2,4,6-8H,3,5H2,1H3,(H,16,18);1-2H3. The number of hydrogen-bond donors (Lipinski definition) is 1. The van der Waals surface area contributed by atoms with Crippen LogP contribution in [0.15, 0.2) is 24.5 Å². The molecule has 2 heterocycles. The zero-order chi connectivity index (χ0) is 16.4. The molecule has 22 heavy (non-hydrogen) atoms. The first kappa shape index (κ1) is 17.9. The zero-order valence-electron chi connectivity index (χ0n) is 12.8. The maximum absolute atomic E-state index is 11.6. The van der Waals surface area contributed by atoms with Crippen LogP contribution in [-0.2, 0) is 14.3 Å². The number of pyridine rings is 1. The lowest BCUT2D eigenvalue weighted by molar-refractivity contribution is -0.118. The fourth-order valence-electron chi connectivity index (χ4n) is 1.50. The van der Waals surface area contributed by atoms with Crippen LogP contribution in [0.1, 0.15) is 18.5 Å². The van der Waals surface area contributed by atoms with Gasteiger partial charge in [0, 0.05) is 45.0 Å². The molecule has 2 aromatic rings. The molecule has 6 nitrogen and oxygen atoms in total. The molecule has 0 unspecified atom stereocenters. The molecule has 0 fully saturated rings. The van der Waals surface area contributed by atoms with Crippen molar-refractivity contribution in [1.29, 1.82) is 0 Å². The lowest BCUT2D eigenvalue weighted by Gasteiger charge is -2.00. The van der Waals surface area contributed by atoms with Crippen LogP contribution in [0.3, 0.4) is 0 Å². The highest BCUT2D eigenvalue weighted by atomic mass is 32.1. The number of methoxy groups -OCH3 is 1. The molecule has 0 saturated heterocycles. The van der Waals surface area contributed by atoms with Crippen LogP contribution in [0.4, 0.5) is 5.00 Å². The summed E-state index contributed by atoms with van der Waals surface area (Å²) in [6.07, 6.45) is 4.60. The largest absolute Gasteiger partial charge is 0.388 e. The minimum atomic E-state index is -0.170. The predicted molar refractivity (Wildman–Crippen MR) is 86.9 cm³/mol. The van der Waals surface area contributed by atoms with E-state index in [4.69, 9.17) is 0 Å². The van der Waals surface area contributed by atoms with Gasteiger partial charge >= 0.3 is 0 Å². The second-order valence-electron chi connectivity index (χ2n) is 4.34. The van der Waals surface area contributed by atoms with Gasteiger partial charge < -0.3 is 14.8 Å². The van der Waals surface area contributed by atoms with Gasteiger partial charge in [0.15, 0.2) is 0 Å². The summed E-state index contributed by atoms with van der Waals surface area (Å²) in [4.78, 5) is 30.2. The van der Waals surface area contributed by atoms with E-state index in [2.05, 4.69) is 20.0 Å². The van der Waals surface area contributed by atoms with Crippen molar-refractivity contribution in [2.24, 2.45) is 0 Å². The van der Waals surface area contributed by atoms with Gasteiger partial charge in [0.1, 0.15) is 16.3 Å². The Morgan fingerprint density at radius 2 is 2.18 bits per heavy atom. The zero-order valence-corrected chi connectivity index (χ0v) is 13.6. The van der Waals surface area contributed by atoms with Gasteiger partial charge in [-0.2, -0.15) is 0 Å². The van der Waals surface area contributed by atoms with Crippen molar-refractivity contribution >= 4 is 28.5 Å². The van der Waals surface area contributed by atoms with Gasteiger partial charge in [-0.15, -0.1) is 0 Å². The number of hydrogen-bond acceptors (Lipinski definition) is 6. The van der Waals surface area contributed by atoms with E-state index in [1.165, 1.54) is 11.3 Å². The number of carbonyl (C=O) groups is 2. The molecular formula is C15H19N3O3S. The van der Waals surface area contributed by atoms with Crippen molar-refractivity contribution in [2.75, 3.05) is 19.5 Å². The van der Waals surface area contributed by atoms with Crippen molar-refractivity contribution in [3.05, 3.63) is 30.2 Å². The molecule has 2 aromatic heterocycles. The molecule has 1 amide bonds. The highest BCUT2D eigenvalue weighted by Gasteiger charge is 2.11. The minimum Gasteiger partial charge on any atom is -0.388 e. The third-order valence-corrected chi connectivity index (χ3v) is 3.57. The van der Waals surface area contributed by atoms with Gasteiger partial charge in [-0.3, -0.25) is 9.78 Å². The van der Waals surface area contributed by atoms with E-state index in [0.29, 0.717) is 0 Å². The Morgan fingerprint density at radius 1 is 1.45 bits per heavy atom. The fraction of sp³-hybridized carbons (Fsp3) is 0.333. The number of aromatic nitrogens is 2. The Hall–Kier alpha value is -2.12. The van der Waals surface area contributed by atoms with Crippen LogP contribution in [-0.4, -0.2) is 36.4 Å². The molecule has 0 atom stereocenters. The van der Waals surface area contributed by atoms with Crippen molar-refractivity contribution in [2.45, 2.75) is 19.8 Å². The molecule has 2 rings (SSSR count). The van der Waals surface area contributed by atoms with Crippen LogP contribution < -0.4 is 5.32 Å². The van der Waals surface area contributed by atoms with Crippen LogP contribution in [0.25, 0.3) is 10.6 Å². The number of thiazole rings is 1. The Morgan fingerprint density at radius 3 is 2.77 bits per heavy atom. The number of rotatable bonds is 5. The second kappa shape index (κ2) is 9.75. The van der Waals surface area contributed by atoms with Gasteiger partial charge in [0.05, 0.1) is 5.69 Å². The smallest absolute Gasteiger partial charge is 0.225 e. The average molecular weight is 321 g/mol. The average Bonchev–Trinajstić information content (AvgIpc) is 2.88. The molecule has 0 radical (unpaired) electrons. The molecule has 0 saturated carbocycles. The number of carbonyl (C=O) groups excluding carboxylic acids is 2. The minimum absolute atomic E-state index is 0.170. The third-order valence-electron chi connectivity index (χ3n) is 2.45. The van der Waals surface area contributed by atoms with E-state index in [9.17, 15) is 9.59 Å². The van der Waals surface area contributed by atoms with E-state index < -0.39 is 0 Å². The Kier molecular flexibility index (Phi) is 7.95. The molecule has 1 N–H and O–H groups in total. The predicted octanol–water partition coefficient (Wildman–Crippen LogP) is 2.69. The molecule has 0 spiro atoms. The number of anilines is 1. The Balaban J connectivity index is 0.000000745. The van der Waals surface area contributed by atoms with Gasteiger partial charge in [-0.05, 0) is 19.1 Å². The molecule has 0 aromatic carbocycles. The van der Waals surface area contributed by atoms with Crippen LogP contribution in [0.5, 0.6) is 0 Å². The number of ether oxygens (including phenoxy) is 1. The first-order valence-corrected chi connectivity index (χ1v) is 7.45. The third kappa shape index (κ3) is 5.71. The van der Waals surface area contributed by atoms with Gasteiger partial charge in [0.25, 0.3) is 0 Å². The van der Waals surface area contributed by atoms with E-state index in [0.717, 1.165) is 27.6 Å². The lowest BCUT2D eigenvalue weighted by atomic mass is 10.3. The molecule has 0 aliphatic rings. The maximum Gasteiger partial charge on any atom is 0.225 e. The van der Waals surface area contributed by atoms with Crippen molar-refractivity contribution in [3.8, 4) is 10.6 Å². The van der Waals surface area contributed by atoms with E-state index in [-0.39, 0.29) is 18.7 Å². The SMILES string of the molecule is COC.Cc1nc(-c2cccnc2)sc1NC(=O)CCC=O. The summed E-state index contributed by atoms with van der Waals surface area (Å²) in [5, 5.41) is 4.31. The van der Waals surface area contributed by atoms with Gasteiger partial charge in [-0.1, -0.05) is 11.3 Å². The number of aryl methyl sites for hydroxylation is 1. The molecule has 0 bridgehead atoms. The van der Waals surface area contributed by atoms with Crippen LogP contribution in [0, 0.1) is 6.92 Å². The molecular weight excluding hydrogens is 302 g/mol. The summed E-state index contributed by atoms with van der Waals surface area (Å²) in [6, 6.07) is 3.76. The molecule has 7 heteroatoms. The normalized spacial score (nSPS) is 9.59. The number of nitrogens with zero attached hydrogens (tertiary/aromatic N) is 2. The summed E-state index contributed by atoms with van der Waals surface area (Å²) in [6.45, 7) is 1.84. The first-order chi connectivity index (χ1) is 10.6. The number of aldehydes is 1. The van der Waals surface area contributed by atoms with E-state index in [1.54, 1.807) is 26.6 Å². The molecule has 118 valence electrons. The number of amides is 1. The van der Waals surface area contributed by atoms with E-state index in [1.807, 2.05) is 19.1 Å². The summed E-state index contributed by atoms with van der Waals surface area (Å²) < 4.78 is 4.25. The highest BCUT2D eigenvalue weighted by Crippen LogP contribution is 2.31. The quantitative estimate of drug-likeness (QED) is 0.856. The Bertz CT molecular complexity index is 599. The van der Waals surface area contributed by atoms with Crippen molar-refractivity contribution in [3.63, 3.8) is 0 Å². The molecule has 0 aliphatic heterocycles. The van der Waals surface area contributed by atoms with Gasteiger partial charge in [0.2, 0.25) is 5.91 Å². The van der Waals surface area contributed by atoms with Gasteiger partial charge in [-0.25, -0.2) is 4.98 Å². The Labute approximate surface area is 133 Å². The molecule has 0 aliphatic carbocycles. The second-order valence-corrected chi connectivity index (χ2v) is 5.34. The summed E-state index contributed by atoms with van der Waals surface area (Å²) in [5.74, 6) is -0.170. The van der Waals surface area contributed by atoms with Crippen molar-refractivity contribution < 1.29 is 14.3 Å². The monoisotopic (exact) mass is 321 g/mol. The number of nitrogens with one attached hydrogen (secondary N) is 1.